The van der Waals surface area contributed by atoms with Gasteiger partial charge in [-0.3, -0.25) is 0 Å². The molecule has 0 spiro atoms. The van der Waals surface area contributed by atoms with Crippen LogP contribution in [0, 0.1) is 0 Å². The number of nitrogens with two attached hydrogens (primary N) is 1. The van der Waals surface area contributed by atoms with E-state index in [9.17, 15) is 4.39 Å². The summed E-state index contributed by atoms with van der Waals surface area (Å²) in [5.41, 5.74) is 6.57. The summed E-state index contributed by atoms with van der Waals surface area (Å²) in [6, 6.07) is 0. The third-order valence-electron chi connectivity index (χ3n) is 1.70. The maximum absolute atomic E-state index is 12.4. The molecule has 9 heavy (non-hydrogen) atoms. The molecule has 1 unspecified atom stereocenters. The van der Waals surface area contributed by atoms with Crippen molar-refractivity contribution in [2.45, 2.75) is 25.4 Å². The summed E-state index contributed by atoms with van der Waals surface area (Å²) in [4.78, 5) is 0. The summed E-state index contributed by atoms with van der Waals surface area (Å²) >= 11 is 0. The normalized spacial score (nSPS) is 27.8. The topological polar surface area (TPSA) is 26.0 Å². The van der Waals surface area contributed by atoms with Gasteiger partial charge in [0, 0.05) is 6.54 Å². The van der Waals surface area contributed by atoms with Gasteiger partial charge in [-0.05, 0) is 19.3 Å². The average molecular weight is 129 g/mol. The second kappa shape index (κ2) is 2.97. The number of halogens is 1. The number of hydrogen-bond donors (Lipinski definition) is 1. The van der Waals surface area contributed by atoms with Crippen molar-refractivity contribution >= 4 is 0 Å². The first-order valence-electron chi connectivity index (χ1n) is 3.35. The molecule has 1 aliphatic carbocycles. The number of rotatable bonds is 1. The third kappa shape index (κ3) is 1.79. The lowest BCUT2D eigenvalue weighted by Crippen LogP contribution is -2.11. The summed E-state index contributed by atoms with van der Waals surface area (Å²) in [6.45, 7) is 0.604. The van der Waals surface area contributed by atoms with Gasteiger partial charge < -0.3 is 5.73 Å². The summed E-state index contributed by atoms with van der Waals surface area (Å²) in [7, 11) is 0. The lowest BCUT2D eigenvalue weighted by molar-refractivity contribution is 0.307. The average Bonchev–Trinajstić information content (AvgIpc) is 1.90. The standard InChI is InChI=1S/C7H12FN/c8-7-3-1-6(5-9)2-4-7/h1,7H,2-5,9H2. The lowest BCUT2D eigenvalue weighted by Gasteiger charge is -2.13. The monoisotopic (exact) mass is 129 g/mol. The highest BCUT2D eigenvalue weighted by molar-refractivity contribution is 5.07. The molecule has 0 aromatic heterocycles. The van der Waals surface area contributed by atoms with Crippen LogP contribution in [0.3, 0.4) is 0 Å². The van der Waals surface area contributed by atoms with Crippen molar-refractivity contribution in [1.82, 2.24) is 0 Å². The first-order valence-corrected chi connectivity index (χ1v) is 3.35. The van der Waals surface area contributed by atoms with Crippen LogP contribution < -0.4 is 5.73 Å². The summed E-state index contributed by atoms with van der Waals surface area (Å²) in [5.74, 6) is 0. The van der Waals surface area contributed by atoms with Crippen LogP contribution in [0.4, 0.5) is 4.39 Å². The number of allylic oxidation sites excluding steroid dienone is 1. The molecule has 52 valence electrons. The fraction of sp³-hybridized carbons (Fsp3) is 0.714. The van der Waals surface area contributed by atoms with Crippen molar-refractivity contribution in [2.24, 2.45) is 5.73 Å². The first-order chi connectivity index (χ1) is 4.33. The quantitative estimate of drug-likeness (QED) is 0.532. The Balaban J connectivity index is 2.40. The zero-order valence-electron chi connectivity index (χ0n) is 5.44. The lowest BCUT2D eigenvalue weighted by atomic mass is 9.98. The van der Waals surface area contributed by atoms with E-state index < -0.39 is 6.17 Å². The second-order valence-corrected chi connectivity index (χ2v) is 2.44. The fourth-order valence-electron chi connectivity index (χ4n) is 1.04. The Kier molecular flexibility index (Phi) is 2.22. The molecule has 1 aliphatic rings. The van der Waals surface area contributed by atoms with Crippen LogP contribution in [0.15, 0.2) is 11.6 Å². The van der Waals surface area contributed by atoms with Crippen LogP contribution in [0.2, 0.25) is 0 Å². The highest BCUT2D eigenvalue weighted by atomic mass is 19.1. The second-order valence-electron chi connectivity index (χ2n) is 2.44. The Morgan fingerprint density at radius 1 is 1.78 bits per heavy atom. The molecule has 0 saturated heterocycles. The Morgan fingerprint density at radius 3 is 3.00 bits per heavy atom. The Bertz CT molecular complexity index is 120. The van der Waals surface area contributed by atoms with E-state index >= 15 is 0 Å². The van der Waals surface area contributed by atoms with Gasteiger partial charge >= 0.3 is 0 Å². The Labute approximate surface area is 54.7 Å². The van der Waals surface area contributed by atoms with E-state index in [2.05, 4.69) is 0 Å². The van der Waals surface area contributed by atoms with Gasteiger partial charge in [-0.1, -0.05) is 11.6 Å². The Morgan fingerprint density at radius 2 is 2.56 bits per heavy atom. The zero-order chi connectivity index (χ0) is 6.69. The molecule has 0 heterocycles. The largest absolute Gasteiger partial charge is 0.327 e. The predicted molar refractivity (Wildman–Crippen MR) is 35.9 cm³/mol. The van der Waals surface area contributed by atoms with Gasteiger partial charge in [0.2, 0.25) is 0 Å². The fourth-order valence-corrected chi connectivity index (χ4v) is 1.04. The van der Waals surface area contributed by atoms with Gasteiger partial charge in [-0.2, -0.15) is 0 Å². The minimum absolute atomic E-state index is 0.576. The highest BCUT2D eigenvalue weighted by Gasteiger charge is 2.10. The molecule has 1 rings (SSSR count). The molecule has 0 aliphatic heterocycles. The molecule has 1 atom stereocenters. The smallest absolute Gasteiger partial charge is 0.104 e. The van der Waals surface area contributed by atoms with E-state index in [-0.39, 0.29) is 0 Å². The highest BCUT2D eigenvalue weighted by Crippen LogP contribution is 2.18. The van der Waals surface area contributed by atoms with Crippen molar-refractivity contribution in [3.8, 4) is 0 Å². The van der Waals surface area contributed by atoms with Crippen molar-refractivity contribution in [3.63, 3.8) is 0 Å². The molecule has 0 aromatic rings. The maximum atomic E-state index is 12.4. The van der Waals surface area contributed by atoms with Crippen LogP contribution >= 0.6 is 0 Å². The molecular formula is C7H12FN. The van der Waals surface area contributed by atoms with Crippen LogP contribution in [-0.2, 0) is 0 Å². The molecule has 0 saturated carbocycles. The summed E-state index contributed by atoms with van der Waals surface area (Å²) in [6.07, 6.45) is 3.42. The SMILES string of the molecule is NCC1=CCC(F)CC1. The molecule has 0 radical (unpaired) electrons. The third-order valence-corrected chi connectivity index (χ3v) is 1.70. The van der Waals surface area contributed by atoms with Crippen molar-refractivity contribution < 1.29 is 4.39 Å². The number of hydrogen-bond acceptors (Lipinski definition) is 1. The van der Waals surface area contributed by atoms with Crippen LogP contribution in [0.1, 0.15) is 19.3 Å². The predicted octanol–water partition coefficient (Wildman–Crippen LogP) is 1.39. The van der Waals surface area contributed by atoms with Crippen LogP contribution in [-0.4, -0.2) is 12.7 Å². The molecule has 2 N–H and O–H groups in total. The summed E-state index contributed by atoms with van der Waals surface area (Å²) < 4.78 is 12.4. The van der Waals surface area contributed by atoms with Gasteiger partial charge in [-0.15, -0.1) is 0 Å². The molecule has 0 amide bonds. The van der Waals surface area contributed by atoms with E-state index in [1.165, 1.54) is 5.57 Å². The van der Waals surface area contributed by atoms with E-state index in [1.807, 2.05) is 6.08 Å². The summed E-state index contributed by atoms with van der Waals surface area (Å²) in [5, 5.41) is 0. The molecule has 2 heteroatoms. The molecule has 0 bridgehead atoms. The van der Waals surface area contributed by atoms with Crippen molar-refractivity contribution in [2.75, 3.05) is 6.54 Å². The van der Waals surface area contributed by atoms with Gasteiger partial charge in [0.25, 0.3) is 0 Å². The van der Waals surface area contributed by atoms with Crippen LogP contribution in [0.5, 0.6) is 0 Å². The number of alkyl halides is 1. The van der Waals surface area contributed by atoms with Crippen molar-refractivity contribution in [1.29, 1.82) is 0 Å². The van der Waals surface area contributed by atoms with E-state index in [0.29, 0.717) is 19.4 Å². The van der Waals surface area contributed by atoms with Gasteiger partial charge in [-0.25, -0.2) is 4.39 Å². The van der Waals surface area contributed by atoms with Gasteiger partial charge in [0.1, 0.15) is 6.17 Å². The minimum Gasteiger partial charge on any atom is -0.327 e. The first kappa shape index (κ1) is 6.75. The van der Waals surface area contributed by atoms with E-state index in [1.54, 1.807) is 0 Å². The zero-order valence-corrected chi connectivity index (χ0v) is 5.44. The molecule has 0 fully saturated rings. The van der Waals surface area contributed by atoms with Crippen molar-refractivity contribution in [3.05, 3.63) is 11.6 Å². The molecular weight excluding hydrogens is 117 g/mol. The van der Waals surface area contributed by atoms with Crippen LogP contribution in [0.25, 0.3) is 0 Å². The maximum Gasteiger partial charge on any atom is 0.104 e. The molecule has 1 nitrogen and oxygen atoms in total. The van der Waals surface area contributed by atoms with Gasteiger partial charge in [0.05, 0.1) is 0 Å². The van der Waals surface area contributed by atoms with E-state index in [4.69, 9.17) is 5.73 Å². The Hall–Kier alpha value is -0.370. The minimum atomic E-state index is -0.611. The molecule has 0 aromatic carbocycles. The van der Waals surface area contributed by atoms with Gasteiger partial charge in [0.15, 0.2) is 0 Å². The van der Waals surface area contributed by atoms with E-state index in [0.717, 1.165) is 6.42 Å².